The van der Waals surface area contributed by atoms with Gasteiger partial charge in [0.1, 0.15) is 6.10 Å². The Morgan fingerprint density at radius 2 is 2.05 bits per heavy atom. The molecule has 1 fully saturated rings. The molecule has 1 aliphatic rings. The molecule has 0 bridgehead atoms. The van der Waals surface area contributed by atoms with Gasteiger partial charge in [-0.1, -0.05) is 19.8 Å². The summed E-state index contributed by atoms with van der Waals surface area (Å²) in [7, 11) is 0. The smallest absolute Gasteiger partial charge is 0.155 e. The summed E-state index contributed by atoms with van der Waals surface area (Å²) >= 11 is 0. The topological polar surface area (TPSA) is 76.4 Å². The zero-order chi connectivity index (χ0) is 15.0. The van der Waals surface area contributed by atoms with Gasteiger partial charge in [0, 0.05) is 24.2 Å². The van der Waals surface area contributed by atoms with Crippen LogP contribution in [0.25, 0.3) is 5.65 Å². The zero-order valence-corrected chi connectivity index (χ0v) is 12.8. The number of aromatic nitrogens is 3. The third-order valence-corrected chi connectivity index (χ3v) is 4.60. The van der Waals surface area contributed by atoms with Gasteiger partial charge in [-0.3, -0.25) is 0 Å². The lowest BCUT2D eigenvalue weighted by Crippen LogP contribution is -2.16. The van der Waals surface area contributed by atoms with Gasteiger partial charge in [0.15, 0.2) is 5.65 Å². The average molecular weight is 288 g/mol. The van der Waals surface area contributed by atoms with Gasteiger partial charge >= 0.3 is 0 Å². The fraction of sp³-hybridized carbons (Fsp3) is 0.625. The molecule has 0 spiro atoms. The van der Waals surface area contributed by atoms with E-state index in [-0.39, 0.29) is 6.54 Å². The average Bonchev–Trinajstić information content (AvgIpc) is 2.89. The third-order valence-electron chi connectivity index (χ3n) is 4.60. The van der Waals surface area contributed by atoms with Crippen molar-refractivity contribution in [1.29, 1.82) is 0 Å². The zero-order valence-electron chi connectivity index (χ0n) is 12.8. The minimum Gasteiger partial charge on any atom is -0.385 e. The summed E-state index contributed by atoms with van der Waals surface area (Å²) < 4.78 is 1.76. The maximum Gasteiger partial charge on any atom is 0.155 e. The van der Waals surface area contributed by atoms with Crippen LogP contribution in [0, 0.1) is 12.8 Å². The highest BCUT2D eigenvalue weighted by atomic mass is 16.3. The summed E-state index contributed by atoms with van der Waals surface area (Å²) in [5, 5.41) is 14.8. The Kier molecular flexibility index (Phi) is 3.95. The second-order valence-electron chi connectivity index (χ2n) is 6.37. The molecule has 0 unspecified atom stereocenters. The van der Waals surface area contributed by atoms with Crippen LogP contribution in [0.4, 0.5) is 0 Å². The Balaban J connectivity index is 1.99. The number of aryl methyl sites for hydroxylation is 1. The van der Waals surface area contributed by atoms with Crippen molar-refractivity contribution < 1.29 is 5.11 Å². The maximum absolute atomic E-state index is 10.1. The number of hydrogen-bond acceptors (Lipinski definition) is 4. The van der Waals surface area contributed by atoms with Crippen LogP contribution in [-0.2, 0) is 0 Å². The van der Waals surface area contributed by atoms with Crippen molar-refractivity contribution in [2.24, 2.45) is 11.7 Å². The van der Waals surface area contributed by atoms with E-state index in [2.05, 4.69) is 18.0 Å². The first-order valence-electron chi connectivity index (χ1n) is 7.84. The van der Waals surface area contributed by atoms with Gasteiger partial charge in [-0.25, -0.2) is 9.50 Å². The number of rotatable bonds is 3. The molecule has 1 saturated carbocycles. The number of nitrogens with two attached hydrogens (primary N) is 1. The van der Waals surface area contributed by atoms with Crippen LogP contribution in [-0.4, -0.2) is 26.2 Å². The van der Waals surface area contributed by atoms with Crippen LogP contribution in [0.15, 0.2) is 12.1 Å². The van der Waals surface area contributed by atoms with E-state index in [1.54, 1.807) is 4.52 Å². The predicted molar refractivity (Wildman–Crippen MR) is 82.1 cm³/mol. The quantitative estimate of drug-likeness (QED) is 0.908. The largest absolute Gasteiger partial charge is 0.385 e. The van der Waals surface area contributed by atoms with E-state index in [4.69, 9.17) is 10.8 Å². The van der Waals surface area contributed by atoms with Gasteiger partial charge in [0.25, 0.3) is 0 Å². The first-order chi connectivity index (χ1) is 10.1. The molecule has 2 aromatic rings. The molecule has 2 heterocycles. The molecule has 3 N–H and O–H groups in total. The molecular weight excluding hydrogens is 264 g/mol. The first-order valence-corrected chi connectivity index (χ1v) is 7.84. The first kappa shape index (κ1) is 14.5. The second kappa shape index (κ2) is 5.73. The molecule has 0 radical (unpaired) electrons. The minimum absolute atomic E-state index is 0.189. The summed E-state index contributed by atoms with van der Waals surface area (Å²) in [6, 6.07) is 3.94. The number of fused-ring (bicyclic) bond motifs is 1. The number of hydrogen-bond donors (Lipinski definition) is 2. The van der Waals surface area contributed by atoms with Crippen LogP contribution >= 0.6 is 0 Å². The second-order valence-corrected chi connectivity index (χ2v) is 6.37. The molecule has 21 heavy (non-hydrogen) atoms. The van der Waals surface area contributed by atoms with Crippen LogP contribution in [0.5, 0.6) is 0 Å². The number of aliphatic hydroxyl groups excluding tert-OH is 1. The summed E-state index contributed by atoms with van der Waals surface area (Å²) in [6.07, 6.45) is 4.22. The van der Waals surface area contributed by atoms with Gasteiger partial charge in [-0.05, 0) is 31.7 Å². The van der Waals surface area contributed by atoms with E-state index < -0.39 is 6.10 Å². The van der Waals surface area contributed by atoms with E-state index >= 15 is 0 Å². The fourth-order valence-electron chi connectivity index (χ4n) is 3.26. The lowest BCUT2D eigenvalue weighted by atomic mass is 9.81. The standard InChI is InChI=1S/C16H24N4O/c1-10-3-5-12(6-4-10)13-8-16-18-11(2)7-14(15(21)9-17)20(16)19-13/h7-8,10,12,15,21H,3-6,9,17H2,1-2H3/t10?,12?,15-/m1/s1. The summed E-state index contributed by atoms with van der Waals surface area (Å²) in [5.74, 6) is 1.35. The van der Waals surface area contributed by atoms with Gasteiger partial charge in [-0.2, -0.15) is 5.10 Å². The van der Waals surface area contributed by atoms with Crippen LogP contribution < -0.4 is 5.73 Å². The monoisotopic (exact) mass is 288 g/mol. The van der Waals surface area contributed by atoms with E-state index in [9.17, 15) is 5.11 Å². The van der Waals surface area contributed by atoms with Crippen molar-refractivity contribution in [2.75, 3.05) is 6.54 Å². The fourth-order valence-corrected chi connectivity index (χ4v) is 3.26. The van der Waals surface area contributed by atoms with E-state index in [0.29, 0.717) is 5.92 Å². The number of aliphatic hydroxyl groups is 1. The van der Waals surface area contributed by atoms with Crippen molar-refractivity contribution in [2.45, 2.75) is 51.6 Å². The van der Waals surface area contributed by atoms with Gasteiger partial charge in [-0.15, -0.1) is 0 Å². The maximum atomic E-state index is 10.1. The summed E-state index contributed by atoms with van der Waals surface area (Å²) in [4.78, 5) is 4.53. The minimum atomic E-state index is -0.701. The lowest BCUT2D eigenvalue weighted by molar-refractivity contribution is 0.178. The molecule has 0 amide bonds. The van der Waals surface area contributed by atoms with Crippen LogP contribution in [0.2, 0.25) is 0 Å². The van der Waals surface area contributed by atoms with Crippen LogP contribution in [0.3, 0.4) is 0 Å². The Hall–Kier alpha value is -1.46. The third kappa shape index (κ3) is 2.80. The molecule has 0 aliphatic heterocycles. The van der Waals surface area contributed by atoms with Crippen molar-refractivity contribution in [3.63, 3.8) is 0 Å². The highest BCUT2D eigenvalue weighted by Crippen LogP contribution is 2.35. The molecule has 5 nitrogen and oxygen atoms in total. The summed E-state index contributed by atoms with van der Waals surface area (Å²) in [6.45, 7) is 4.44. The van der Waals surface area contributed by atoms with Crippen LogP contribution in [0.1, 0.15) is 61.7 Å². The Morgan fingerprint density at radius 1 is 1.33 bits per heavy atom. The predicted octanol–water partition coefficient (Wildman–Crippen LogP) is 2.32. The van der Waals surface area contributed by atoms with Crippen molar-refractivity contribution >= 4 is 5.65 Å². The highest BCUT2D eigenvalue weighted by Gasteiger charge is 2.23. The highest BCUT2D eigenvalue weighted by molar-refractivity contribution is 5.43. The Morgan fingerprint density at radius 3 is 2.71 bits per heavy atom. The molecule has 0 aromatic carbocycles. The Labute approximate surface area is 125 Å². The van der Waals surface area contributed by atoms with Crippen molar-refractivity contribution in [3.05, 3.63) is 29.2 Å². The Bertz CT molecular complexity index is 628. The van der Waals surface area contributed by atoms with Crippen molar-refractivity contribution in [1.82, 2.24) is 14.6 Å². The van der Waals surface area contributed by atoms with E-state index in [1.807, 2.05) is 13.0 Å². The number of nitrogens with zero attached hydrogens (tertiary/aromatic N) is 3. The molecule has 1 atom stereocenters. The molecule has 3 rings (SSSR count). The van der Waals surface area contributed by atoms with Gasteiger partial charge < -0.3 is 10.8 Å². The van der Waals surface area contributed by atoms with Gasteiger partial charge in [0.2, 0.25) is 0 Å². The SMILES string of the molecule is Cc1cc([C@H](O)CN)n2nc(C3CCC(C)CC3)cc2n1. The lowest BCUT2D eigenvalue weighted by Gasteiger charge is -2.24. The van der Waals surface area contributed by atoms with E-state index in [0.717, 1.165) is 28.6 Å². The van der Waals surface area contributed by atoms with E-state index in [1.165, 1.54) is 25.7 Å². The summed E-state index contributed by atoms with van der Waals surface area (Å²) in [5.41, 5.74) is 9.13. The molecule has 114 valence electrons. The van der Waals surface area contributed by atoms with Crippen molar-refractivity contribution in [3.8, 4) is 0 Å². The molecule has 2 aromatic heterocycles. The molecule has 0 saturated heterocycles. The molecule has 1 aliphatic carbocycles. The molecule has 5 heteroatoms. The normalized spacial score (nSPS) is 24.4. The van der Waals surface area contributed by atoms with Gasteiger partial charge in [0.05, 0.1) is 11.4 Å². The molecular formula is C16H24N4O.